The van der Waals surface area contributed by atoms with E-state index in [0.717, 1.165) is 34.6 Å². The van der Waals surface area contributed by atoms with Gasteiger partial charge in [0.1, 0.15) is 29.6 Å². The second-order valence-corrected chi connectivity index (χ2v) is 11.7. The molecule has 0 bridgehead atoms. The molecule has 2 aromatic carbocycles. The van der Waals surface area contributed by atoms with E-state index >= 15 is 0 Å². The molecule has 0 aliphatic carbocycles. The Morgan fingerprint density at radius 1 is 0.947 bits per heavy atom. The van der Waals surface area contributed by atoms with Crippen molar-refractivity contribution in [3.8, 4) is 23.0 Å². The predicted molar refractivity (Wildman–Crippen MR) is 162 cm³/mol. The van der Waals surface area contributed by atoms with Gasteiger partial charge in [-0.05, 0) is 61.4 Å². The van der Waals surface area contributed by atoms with Crippen LogP contribution < -0.4 is 10.5 Å². The van der Waals surface area contributed by atoms with Gasteiger partial charge < -0.3 is 20.0 Å². The van der Waals surface area contributed by atoms with Gasteiger partial charge in [-0.2, -0.15) is 0 Å². The molecule has 0 radical (unpaired) electrons. The first-order valence-electron chi connectivity index (χ1n) is 13.6. The number of hydrogen-bond donors (Lipinski definition) is 2. The summed E-state index contributed by atoms with van der Waals surface area (Å²) in [6, 6.07) is 12.3. The van der Waals surface area contributed by atoms with Crippen LogP contribution in [0.25, 0.3) is 11.5 Å². The molecule has 1 aromatic heterocycles. The Morgan fingerprint density at radius 3 is 2.08 bits per heavy atom. The van der Waals surface area contributed by atoms with E-state index in [1.807, 2.05) is 31.2 Å². The molecular weight excluding hydrogens is 496 g/mol. The summed E-state index contributed by atoms with van der Waals surface area (Å²) in [5.74, 6) is 1.81. The summed E-state index contributed by atoms with van der Waals surface area (Å²) < 4.78 is 12.3. The molecule has 0 aliphatic rings. The highest BCUT2D eigenvalue weighted by atomic mass is 35.5. The number of halogens is 1. The van der Waals surface area contributed by atoms with Gasteiger partial charge in [0.05, 0.1) is 0 Å². The number of nitrogens with zero attached hydrogens (tertiary/aromatic N) is 1. The Morgan fingerprint density at radius 2 is 1.53 bits per heavy atom. The molecule has 3 aromatic rings. The summed E-state index contributed by atoms with van der Waals surface area (Å²) in [6.07, 6.45) is 7.38. The Balaban J connectivity index is 0.00000235. The van der Waals surface area contributed by atoms with Gasteiger partial charge in [0.2, 0.25) is 5.89 Å². The van der Waals surface area contributed by atoms with Crippen LogP contribution in [0.4, 0.5) is 0 Å². The van der Waals surface area contributed by atoms with Crippen LogP contribution in [0.1, 0.15) is 110 Å². The normalized spacial score (nSPS) is 12.3. The van der Waals surface area contributed by atoms with E-state index in [1.54, 1.807) is 6.26 Å². The fraction of sp³-hybridized carbons (Fsp3) is 0.531. The molecule has 1 unspecified atom stereocenters. The average Bonchev–Trinajstić information content (AvgIpc) is 3.33. The van der Waals surface area contributed by atoms with Gasteiger partial charge in [-0.25, -0.2) is 4.98 Å². The molecular formula is C32H49ClN2O3. The number of nitrogens with two attached hydrogens (primary N) is 1. The second-order valence-electron chi connectivity index (χ2n) is 11.7. The van der Waals surface area contributed by atoms with Crippen LogP contribution in [0.3, 0.4) is 0 Å². The van der Waals surface area contributed by atoms with Crippen molar-refractivity contribution in [3.05, 3.63) is 65.0 Å². The van der Waals surface area contributed by atoms with Crippen LogP contribution in [-0.4, -0.2) is 17.1 Å². The Hall–Kier alpha value is -2.50. The lowest BCUT2D eigenvalue weighted by Crippen LogP contribution is -2.17. The lowest BCUT2D eigenvalue weighted by molar-refractivity contribution is 0.219. The first-order chi connectivity index (χ1) is 17.4. The summed E-state index contributed by atoms with van der Waals surface area (Å²) in [4.78, 5) is 4.80. The molecule has 0 saturated carbocycles. The molecule has 1 heterocycles. The van der Waals surface area contributed by atoms with Crippen LogP contribution in [-0.2, 0) is 17.3 Å². The van der Waals surface area contributed by atoms with E-state index in [2.05, 4.69) is 66.3 Å². The molecule has 0 fully saturated rings. The third-order valence-electron chi connectivity index (χ3n) is 6.49. The van der Waals surface area contributed by atoms with Crippen molar-refractivity contribution in [2.45, 2.75) is 104 Å². The number of phenols is 1. The standard InChI is InChI=1S/C31H43NO3.CH5N.ClH/c1-9-10-11-12-15-22-16-13-14-17-27(22)35-21(2)26-20-34-29(32-26)23-18-24(30(3,4)5)28(33)25(19-23)31(6,7)8;1-2;/h13-14,16-21,33H,9-12,15H2,1-8H3;2H2,1H3;1H. The molecule has 3 rings (SSSR count). The molecule has 0 aliphatic heterocycles. The number of para-hydroxylation sites is 1. The molecule has 38 heavy (non-hydrogen) atoms. The van der Waals surface area contributed by atoms with Gasteiger partial charge in [-0.1, -0.05) is 85.9 Å². The molecule has 0 saturated heterocycles. The third kappa shape index (κ3) is 8.78. The van der Waals surface area contributed by atoms with Crippen LogP contribution in [0.5, 0.6) is 11.5 Å². The lowest BCUT2D eigenvalue weighted by atomic mass is 9.78. The average molecular weight is 545 g/mol. The van der Waals surface area contributed by atoms with Gasteiger partial charge >= 0.3 is 0 Å². The number of rotatable bonds is 9. The third-order valence-corrected chi connectivity index (χ3v) is 6.49. The quantitative estimate of drug-likeness (QED) is 0.263. The topological polar surface area (TPSA) is 81.5 Å². The first-order valence-corrected chi connectivity index (χ1v) is 13.6. The van der Waals surface area contributed by atoms with Crippen LogP contribution in [0, 0.1) is 0 Å². The molecule has 212 valence electrons. The van der Waals surface area contributed by atoms with Crippen LogP contribution in [0.2, 0.25) is 0 Å². The van der Waals surface area contributed by atoms with Crippen molar-refractivity contribution >= 4 is 12.4 Å². The van der Waals surface area contributed by atoms with Crippen molar-refractivity contribution in [2.75, 3.05) is 7.05 Å². The van der Waals surface area contributed by atoms with Crippen LogP contribution in [0.15, 0.2) is 47.1 Å². The monoisotopic (exact) mass is 544 g/mol. The highest BCUT2D eigenvalue weighted by molar-refractivity contribution is 5.85. The van der Waals surface area contributed by atoms with E-state index < -0.39 is 0 Å². The minimum Gasteiger partial charge on any atom is -0.507 e. The number of oxazole rings is 1. The Bertz CT molecular complexity index is 1090. The predicted octanol–water partition coefficient (Wildman–Crippen LogP) is 8.90. The fourth-order valence-corrected chi connectivity index (χ4v) is 4.33. The molecule has 5 nitrogen and oxygen atoms in total. The second kappa shape index (κ2) is 14.6. The lowest BCUT2D eigenvalue weighted by Gasteiger charge is -2.27. The van der Waals surface area contributed by atoms with Gasteiger partial charge in [-0.15, -0.1) is 12.4 Å². The van der Waals surface area contributed by atoms with E-state index in [-0.39, 0.29) is 29.3 Å². The first kappa shape index (κ1) is 33.5. The number of phenolic OH excluding ortho intramolecular Hbond substituents is 1. The minimum atomic E-state index is -0.245. The Labute approximate surface area is 236 Å². The largest absolute Gasteiger partial charge is 0.507 e. The number of aryl methyl sites for hydroxylation is 1. The molecule has 0 spiro atoms. The Kier molecular flexibility index (Phi) is 12.9. The molecule has 3 N–H and O–H groups in total. The zero-order valence-electron chi connectivity index (χ0n) is 24.9. The molecule has 1 atom stereocenters. The van der Waals surface area contributed by atoms with E-state index in [9.17, 15) is 5.11 Å². The molecule has 0 amide bonds. The number of aromatic nitrogens is 1. The zero-order valence-corrected chi connectivity index (χ0v) is 25.7. The maximum absolute atomic E-state index is 11.0. The van der Waals surface area contributed by atoms with E-state index in [0.29, 0.717) is 11.6 Å². The summed E-state index contributed by atoms with van der Waals surface area (Å²) in [5.41, 5.74) is 8.71. The van der Waals surface area contributed by atoms with Crippen molar-refractivity contribution in [3.63, 3.8) is 0 Å². The van der Waals surface area contributed by atoms with Crippen LogP contribution >= 0.6 is 12.4 Å². The minimum absolute atomic E-state index is 0. The summed E-state index contributed by atoms with van der Waals surface area (Å²) in [6.45, 7) is 16.9. The van der Waals surface area contributed by atoms with Crippen molar-refractivity contribution in [2.24, 2.45) is 5.73 Å². The highest BCUT2D eigenvalue weighted by Gasteiger charge is 2.28. The maximum atomic E-state index is 11.0. The smallest absolute Gasteiger partial charge is 0.226 e. The SMILES string of the molecule is CCCCCCc1ccccc1OC(C)c1coc(-c2cc(C(C)(C)C)c(O)c(C(C)(C)C)c2)n1.CN.Cl. The molecule has 6 heteroatoms. The number of aromatic hydroxyl groups is 1. The number of unbranched alkanes of at least 4 members (excludes halogenated alkanes) is 3. The number of benzene rings is 2. The number of ether oxygens (including phenoxy) is 1. The zero-order chi connectivity index (χ0) is 27.8. The fourth-order valence-electron chi connectivity index (χ4n) is 4.33. The maximum Gasteiger partial charge on any atom is 0.226 e. The van der Waals surface area contributed by atoms with Crippen molar-refractivity contribution < 1.29 is 14.3 Å². The van der Waals surface area contributed by atoms with Gasteiger partial charge in [-0.3, -0.25) is 0 Å². The van der Waals surface area contributed by atoms with Crippen molar-refractivity contribution in [1.82, 2.24) is 4.98 Å². The van der Waals surface area contributed by atoms with E-state index in [1.165, 1.54) is 38.3 Å². The summed E-state index contributed by atoms with van der Waals surface area (Å²) >= 11 is 0. The number of hydrogen-bond acceptors (Lipinski definition) is 5. The van der Waals surface area contributed by atoms with E-state index in [4.69, 9.17) is 14.1 Å². The van der Waals surface area contributed by atoms with Gasteiger partial charge in [0.25, 0.3) is 0 Å². The summed E-state index contributed by atoms with van der Waals surface area (Å²) in [7, 11) is 1.50. The van der Waals surface area contributed by atoms with Gasteiger partial charge in [0.15, 0.2) is 0 Å². The highest BCUT2D eigenvalue weighted by Crippen LogP contribution is 2.42. The van der Waals surface area contributed by atoms with Gasteiger partial charge in [0, 0.05) is 16.7 Å². The van der Waals surface area contributed by atoms with Crippen molar-refractivity contribution in [1.29, 1.82) is 0 Å². The summed E-state index contributed by atoms with van der Waals surface area (Å²) in [5, 5.41) is 11.0.